The molecule has 0 spiro atoms. The summed E-state index contributed by atoms with van der Waals surface area (Å²) in [6.45, 7) is 3.13. The van der Waals surface area contributed by atoms with Gasteiger partial charge in [0.1, 0.15) is 0 Å². The second-order valence-corrected chi connectivity index (χ2v) is 5.74. The van der Waals surface area contributed by atoms with E-state index >= 15 is 0 Å². The van der Waals surface area contributed by atoms with Crippen molar-refractivity contribution in [2.24, 2.45) is 5.92 Å². The topological polar surface area (TPSA) is 66.8 Å². The van der Waals surface area contributed by atoms with Crippen LogP contribution < -0.4 is 4.74 Å². The Morgan fingerprint density at radius 1 is 1.43 bits per heavy atom. The van der Waals surface area contributed by atoms with Crippen LogP contribution in [0.2, 0.25) is 0 Å². The number of halogens is 1. The van der Waals surface area contributed by atoms with Gasteiger partial charge in [-0.05, 0) is 44.2 Å². The molecule has 0 aliphatic carbocycles. The Hall–Kier alpha value is -2.11. The standard InChI is InChI=1S/C17H22FNO4/c1-2-23-16-13(6-3-7-14(16)18)17(22)19-10-4-5-12(11-19)8-9-15(20)21/h3,6-7,12H,2,4-5,8-11H2,1H3,(H,20,21). The zero-order valence-corrected chi connectivity index (χ0v) is 13.3. The van der Waals surface area contributed by atoms with Gasteiger partial charge >= 0.3 is 5.97 Å². The number of hydrogen-bond donors (Lipinski definition) is 1. The van der Waals surface area contributed by atoms with Crippen LogP contribution in [0, 0.1) is 11.7 Å². The highest BCUT2D eigenvalue weighted by Crippen LogP contribution is 2.27. The molecule has 23 heavy (non-hydrogen) atoms. The number of likely N-dealkylation sites (tertiary alicyclic amines) is 1. The fourth-order valence-electron chi connectivity index (χ4n) is 2.95. The van der Waals surface area contributed by atoms with E-state index in [0.717, 1.165) is 12.8 Å². The van der Waals surface area contributed by atoms with Crippen molar-refractivity contribution in [3.05, 3.63) is 29.6 Å². The van der Waals surface area contributed by atoms with Crippen LogP contribution in [0.3, 0.4) is 0 Å². The number of carbonyl (C=O) groups excluding carboxylic acids is 1. The number of aliphatic carboxylic acids is 1. The van der Waals surface area contributed by atoms with Crippen molar-refractivity contribution in [2.45, 2.75) is 32.6 Å². The Balaban J connectivity index is 2.10. The van der Waals surface area contributed by atoms with Crippen molar-refractivity contribution in [3.8, 4) is 5.75 Å². The number of hydrogen-bond acceptors (Lipinski definition) is 3. The van der Waals surface area contributed by atoms with Gasteiger partial charge < -0.3 is 14.7 Å². The first-order valence-corrected chi connectivity index (χ1v) is 7.95. The van der Waals surface area contributed by atoms with E-state index in [2.05, 4.69) is 0 Å². The molecule has 1 aliphatic rings. The number of nitrogens with zero attached hydrogens (tertiary/aromatic N) is 1. The zero-order valence-electron chi connectivity index (χ0n) is 13.3. The van der Waals surface area contributed by atoms with Crippen molar-refractivity contribution in [1.29, 1.82) is 0 Å². The number of carboxylic acids is 1. The van der Waals surface area contributed by atoms with Crippen LogP contribution in [0.4, 0.5) is 4.39 Å². The minimum atomic E-state index is -0.822. The second kappa shape index (κ2) is 7.94. The van der Waals surface area contributed by atoms with E-state index in [0.29, 0.717) is 19.5 Å². The number of amides is 1. The minimum Gasteiger partial charge on any atom is -0.490 e. The molecule has 0 aromatic heterocycles. The maximum absolute atomic E-state index is 13.9. The molecule has 1 aromatic rings. The lowest BCUT2D eigenvalue weighted by atomic mass is 9.93. The molecule has 0 bridgehead atoms. The van der Waals surface area contributed by atoms with Crippen LogP contribution in [0.1, 0.15) is 43.0 Å². The van der Waals surface area contributed by atoms with Gasteiger partial charge in [-0.2, -0.15) is 0 Å². The first-order chi connectivity index (χ1) is 11.0. The largest absolute Gasteiger partial charge is 0.490 e. The SMILES string of the molecule is CCOc1c(F)cccc1C(=O)N1CCCC(CCC(=O)O)C1. The summed E-state index contributed by atoms with van der Waals surface area (Å²) < 4.78 is 19.2. The maximum atomic E-state index is 13.9. The molecular formula is C17H22FNO4. The monoisotopic (exact) mass is 323 g/mol. The molecule has 1 saturated heterocycles. The quantitative estimate of drug-likeness (QED) is 0.874. The molecule has 1 aromatic carbocycles. The molecule has 6 heteroatoms. The summed E-state index contributed by atoms with van der Waals surface area (Å²) in [5, 5.41) is 8.78. The summed E-state index contributed by atoms with van der Waals surface area (Å²) in [6.07, 6.45) is 2.41. The average molecular weight is 323 g/mol. The van der Waals surface area contributed by atoms with Crippen LogP contribution in [-0.4, -0.2) is 41.6 Å². The lowest BCUT2D eigenvalue weighted by Gasteiger charge is -2.33. The molecule has 126 valence electrons. The van der Waals surface area contributed by atoms with Gasteiger partial charge in [-0.15, -0.1) is 0 Å². The average Bonchev–Trinajstić information content (AvgIpc) is 2.54. The third kappa shape index (κ3) is 4.43. The third-order valence-corrected chi connectivity index (χ3v) is 4.06. The van der Waals surface area contributed by atoms with E-state index in [1.54, 1.807) is 17.9 Å². The van der Waals surface area contributed by atoms with E-state index in [9.17, 15) is 14.0 Å². The zero-order chi connectivity index (χ0) is 16.8. The highest BCUT2D eigenvalue weighted by molar-refractivity contribution is 5.97. The first kappa shape index (κ1) is 17.2. The summed E-state index contributed by atoms with van der Waals surface area (Å²) in [5.41, 5.74) is 0.228. The highest BCUT2D eigenvalue weighted by atomic mass is 19.1. The summed E-state index contributed by atoms with van der Waals surface area (Å²) in [6, 6.07) is 4.34. The van der Waals surface area contributed by atoms with Gasteiger partial charge in [0.2, 0.25) is 0 Å². The number of para-hydroxylation sites is 1. The Kier molecular flexibility index (Phi) is 5.96. The molecule has 5 nitrogen and oxygen atoms in total. The third-order valence-electron chi connectivity index (χ3n) is 4.06. The molecule has 1 heterocycles. The van der Waals surface area contributed by atoms with Crippen LogP contribution >= 0.6 is 0 Å². The normalized spacial score (nSPS) is 17.8. The molecule has 1 unspecified atom stereocenters. The van der Waals surface area contributed by atoms with E-state index in [4.69, 9.17) is 9.84 Å². The van der Waals surface area contributed by atoms with Crippen molar-refractivity contribution in [1.82, 2.24) is 4.90 Å². The number of ether oxygens (including phenoxy) is 1. The second-order valence-electron chi connectivity index (χ2n) is 5.74. The maximum Gasteiger partial charge on any atom is 0.303 e. The van der Waals surface area contributed by atoms with Gasteiger partial charge in [0.05, 0.1) is 12.2 Å². The summed E-state index contributed by atoms with van der Waals surface area (Å²) in [4.78, 5) is 25.1. The van der Waals surface area contributed by atoms with E-state index in [-0.39, 0.29) is 36.2 Å². The lowest BCUT2D eigenvalue weighted by Crippen LogP contribution is -2.40. The van der Waals surface area contributed by atoms with E-state index in [1.165, 1.54) is 12.1 Å². The summed E-state index contributed by atoms with van der Waals surface area (Å²) in [5.74, 6) is -1.46. The van der Waals surface area contributed by atoms with Gasteiger partial charge in [0.15, 0.2) is 11.6 Å². The number of rotatable bonds is 6. The summed E-state index contributed by atoms with van der Waals surface area (Å²) >= 11 is 0. The van der Waals surface area contributed by atoms with Crippen LogP contribution in [-0.2, 0) is 4.79 Å². The van der Waals surface area contributed by atoms with Crippen molar-refractivity contribution in [2.75, 3.05) is 19.7 Å². The van der Waals surface area contributed by atoms with Crippen molar-refractivity contribution in [3.63, 3.8) is 0 Å². The minimum absolute atomic E-state index is 0.00680. The smallest absolute Gasteiger partial charge is 0.303 e. The number of benzene rings is 1. The fraction of sp³-hybridized carbons (Fsp3) is 0.529. The Labute approximate surface area is 135 Å². The predicted molar refractivity (Wildman–Crippen MR) is 83.1 cm³/mol. The van der Waals surface area contributed by atoms with Crippen LogP contribution in [0.15, 0.2) is 18.2 Å². The van der Waals surface area contributed by atoms with Crippen molar-refractivity contribution < 1.29 is 23.8 Å². The molecule has 1 fully saturated rings. The predicted octanol–water partition coefficient (Wildman–Crippen LogP) is 2.94. The molecule has 1 aliphatic heterocycles. The van der Waals surface area contributed by atoms with Gasteiger partial charge in [0, 0.05) is 19.5 Å². The fourth-order valence-corrected chi connectivity index (χ4v) is 2.95. The lowest BCUT2D eigenvalue weighted by molar-refractivity contribution is -0.137. The molecule has 1 N–H and O–H groups in total. The molecule has 1 atom stereocenters. The van der Waals surface area contributed by atoms with Crippen LogP contribution in [0.5, 0.6) is 5.75 Å². The molecule has 0 radical (unpaired) electrons. The number of carbonyl (C=O) groups is 2. The Bertz CT molecular complexity index is 576. The molecule has 1 amide bonds. The highest BCUT2D eigenvalue weighted by Gasteiger charge is 2.27. The molecule has 0 saturated carbocycles. The Morgan fingerprint density at radius 3 is 2.91 bits per heavy atom. The first-order valence-electron chi connectivity index (χ1n) is 7.95. The number of piperidine rings is 1. The molecular weight excluding hydrogens is 301 g/mol. The van der Waals surface area contributed by atoms with Gasteiger partial charge in [0.25, 0.3) is 5.91 Å². The van der Waals surface area contributed by atoms with Gasteiger partial charge in [-0.25, -0.2) is 4.39 Å². The Morgan fingerprint density at radius 2 is 2.22 bits per heavy atom. The summed E-state index contributed by atoms with van der Waals surface area (Å²) in [7, 11) is 0. The van der Waals surface area contributed by atoms with Crippen LogP contribution in [0.25, 0.3) is 0 Å². The van der Waals surface area contributed by atoms with Gasteiger partial charge in [-0.3, -0.25) is 9.59 Å². The number of carboxylic acid groups (broad SMARTS) is 1. The molecule has 2 rings (SSSR count). The van der Waals surface area contributed by atoms with E-state index < -0.39 is 11.8 Å². The van der Waals surface area contributed by atoms with Gasteiger partial charge in [-0.1, -0.05) is 6.07 Å². The van der Waals surface area contributed by atoms with Crippen molar-refractivity contribution >= 4 is 11.9 Å². The van der Waals surface area contributed by atoms with E-state index in [1.807, 2.05) is 0 Å².